The Morgan fingerprint density at radius 2 is 2.25 bits per heavy atom. The predicted octanol–water partition coefficient (Wildman–Crippen LogP) is 1.72. The lowest BCUT2D eigenvalue weighted by molar-refractivity contribution is -0.116. The Kier molecular flexibility index (Phi) is 4.64. The highest BCUT2D eigenvalue weighted by Crippen LogP contribution is 2.25. The van der Waals surface area contributed by atoms with Crippen LogP contribution in [-0.4, -0.2) is 25.0 Å². The summed E-state index contributed by atoms with van der Waals surface area (Å²) < 4.78 is 1.67. The van der Waals surface area contributed by atoms with E-state index in [1.54, 1.807) is 22.5 Å². The van der Waals surface area contributed by atoms with Crippen LogP contribution in [0.5, 0.6) is 0 Å². The molecule has 1 aromatic carbocycles. The van der Waals surface area contributed by atoms with Gasteiger partial charge in [0, 0.05) is 22.5 Å². The minimum atomic E-state index is -0.443. The molecule has 4 nitrogen and oxygen atoms in total. The molecule has 0 atom stereocenters. The fourth-order valence-electron chi connectivity index (χ4n) is 1.21. The van der Waals surface area contributed by atoms with E-state index in [9.17, 15) is 9.59 Å². The molecule has 86 valence electrons. The van der Waals surface area contributed by atoms with Crippen molar-refractivity contribution in [1.29, 1.82) is 0 Å². The summed E-state index contributed by atoms with van der Waals surface area (Å²) in [7, 11) is 0. The van der Waals surface area contributed by atoms with Crippen LogP contribution in [0.15, 0.2) is 18.2 Å². The van der Waals surface area contributed by atoms with Gasteiger partial charge in [-0.05, 0) is 18.2 Å². The molecule has 0 aliphatic carbocycles. The number of nitrogens with two attached hydrogens (primary N) is 1. The lowest BCUT2D eigenvalue weighted by Gasteiger charge is -2.20. The minimum absolute atomic E-state index is 0.0693. The molecule has 0 saturated heterocycles. The molecule has 0 radical (unpaired) electrons. The van der Waals surface area contributed by atoms with Gasteiger partial charge in [-0.25, -0.2) is 0 Å². The average Bonchev–Trinajstić information content (AvgIpc) is 2.24. The number of primary amides is 1. The fraction of sp³-hybridized carbons (Fsp3) is 0.200. The van der Waals surface area contributed by atoms with Crippen LogP contribution in [0.2, 0.25) is 5.02 Å². The van der Waals surface area contributed by atoms with E-state index in [4.69, 9.17) is 17.3 Å². The van der Waals surface area contributed by atoms with E-state index in [1.807, 2.05) is 6.26 Å². The monoisotopic (exact) mass is 258 g/mol. The van der Waals surface area contributed by atoms with Crippen molar-refractivity contribution >= 4 is 41.4 Å². The summed E-state index contributed by atoms with van der Waals surface area (Å²) in [4.78, 5) is 21.5. The molecule has 0 fully saturated rings. The van der Waals surface area contributed by atoms with Crippen LogP contribution in [-0.2, 0) is 4.79 Å². The first-order chi connectivity index (χ1) is 7.56. The van der Waals surface area contributed by atoms with Gasteiger partial charge < -0.3 is 10.0 Å². The van der Waals surface area contributed by atoms with E-state index in [0.717, 1.165) is 0 Å². The molecule has 0 aromatic heterocycles. The van der Waals surface area contributed by atoms with E-state index in [-0.39, 0.29) is 6.54 Å². The highest BCUT2D eigenvalue weighted by molar-refractivity contribution is 8.00. The van der Waals surface area contributed by atoms with Crippen LogP contribution in [0.4, 0.5) is 5.69 Å². The van der Waals surface area contributed by atoms with Crippen LogP contribution in [0.1, 0.15) is 10.4 Å². The smallest absolute Gasteiger partial charge is 0.238 e. The van der Waals surface area contributed by atoms with Gasteiger partial charge in [-0.2, -0.15) is 0 Å². The summed E-state index contributed by atoms with van der Waals surface area (Å²) in [6, 6.07) is 4.88. The van der Waals surface area contributed by atoms with Crippen molar-refractivity contribution in [2.24, 2.45) is 5.73 Å². The average molecular weight is 259 g/mol. The molecule has 1 amide bonds. The van der Waals surface area contributed by atoms with Crippen LogP contribution >= 0.6 is 23.5 Å². The SMILES string of the molecule is CSN(CC(N)=O)c1cc(Cl)cc(C=O)c1. The molecule has 0 unspecified atom stereocenters. The van der Waals surface area contributed by atoms with E-state index in [1.165, 1.54) is 11.9 Å². The van der Waals surface area contributed by atoms with Gasteiger partial charge in [0.05, 0.1) is 0 Å². The second-order valence-electron chi connectivity index (χ2n) is 3.05. The third-order valence-electron chi connectivity index (χ3n) is 1.85. The Morgan fingerprint density at radius 1 is 1.56 bits per heavy atom. The number of carbonyl (C=O) groups excluding carboxylic acids is 2. The third kappa shape index (κ3) is 3.43. The number of carbonyl (C=O) groups is 2. The zero-order chi connectivity index (χ0) is 12.1. The second-order valence-corrected chi connectivity index (χ2v) is 4.29. The summed E-state index contributed by atoms with van der Waals surface area (Å²) in [6.45, 7) is 0.0693. The Bertz CT molecular complexity index is 412. The number of rotatable bonds is 5. The van der Waals surface area contributed by atoms with Crippen molar-refractivity contribution in [1.82, 2.24) is 0 Å². The van der Waals surface area contributed by atoms with E-state index in [0.29, 0.717) is 22.6 Å². The first-order valence-electron chi connectivity index (χ1n) is 4.42. The molecule has 16 heavy (non-hydrogen) atoms. The lowest BCUT2D eigenvalue weighted by Crippen LogP contribution is -2.28. The van der Waals surface area contributed by atoms with Crippen molar-refractivity contribution < 1.29 is 9.59 Å². The number of anilines is 1. The second kappa shape index (κ2) is 5.77. The molecule has 0 aliphatic rings. The Labute approximate surface area is 103 Å². The minimum Gasteiger partial charge on any atom is -0.368 e. The standard InChI is InChI=1S/C10H11ClN2O2S/c1-16-13(5-10(12)15)9-3-7(6-14)2-8(11)4-9/h2-4,6H,5H2,1H3,(H2,12,15). The van der Waals surface area contributed by atoms with Gasteiger partial charge >= 0.3 is 0 Å². The van der Waals surface area contributed by atoms with Crippen molar-refractivity contribution in [2.45, 2.75) is 0 Å². The topological polar surface area (TPSA) is 63.4 Å². The number of hydrogen-bond acceptors (Lipinski definition) is 4. The van der Waals surface area contributed by atoms with Crippen molar-refractivity contribution in [2.75, 3.05) is 17.1 Å². The Balaban J connectivity index is 3.04. The predicted molar refractivity (Wildman–Crippen MR) is 66.9 cm³/mol. The van der Waals surface area contributed by atoms with Gasteiger partial charge in [0.2, 0.25) is 5.91 Å². The first-order valence-corrected chi connectivity index (χ1v) is 5.98. The van der Waals surface area contributed by atoms with Gasteiger partial charge in [0.15, 0.2) is 0 Å². The normalized spacial score (nSPS) is 9.88. The summed E-state index contributed by atoms with van der Waals surface area (Å²) >= 11 is 7.19. The first kappa shape index (κ1) is 12.9. The molecular formula is C10H11ClN2O2S. The van der Waals surface area contributed by atoms with Gasteiger partial charge in [-0.3, -0.25) is 9.59 Å². The quantitative estimate of drug-likeness (QED) is 0.645. The molecule has 0 heterocycles. The maximum Gasteiger partial charge on any atom is 0.238 e. The number of nitrogens with zero attached hydrogens (tertiary/aromatic N) is 1. The summed E-state index contributed by atoms with van der Waals surface area (Å²) in [5.41, 5.74) is 6.26. The third-order valence-corrected chi connectivity index (χ3v) is 2.85. The number of benzene rings is 1. The molecule has 0 bridgehead atoms. The number of aldehydes is 1. The number of halogens is 1. The number of hydrogen-bond donors (Lipinski definition) is 1. The fourth-order valence-corrected chi connectivity index (χ4v) is 2.02. The van der Waals surface area contributed by atoms with Gasteiger partial charge in [-0.15, -0.1) is 0 Å². The summed E-state index contributed by atoms with van der Waals surface area (Å²) in [5.74, 6) is -0.443. The van der Waals surface area contributed by atoms with Crippen molar-refractivity contribution in [3.63, 3.8) is 0 Å². The van der Waals surface area contributed by atoms with Gasteiger partial charge in [-0.1, -0.05) is 23.5 Å². The zero-order valence-corrected chi connectivity index (χ0v) is 10.2. The molecule has 0 saturated carbocycles. The lowest BCUT2D eigenvalue weighted by atomic mass is 10.2. The largest absolute Gasteiger partial charge is 0.368 e. The van der Waals surface area contributed by atoms with Crippen LogP contribution in [0.3, 0.4) is 0 Å². The highest BCUT2D eigenvalue weighted by Gasteiger charge is 2.10. The Morgan fingerprint density at radius 3 is 2.75 bits per heavy atom. The molecule has 1 aromatic rings. The van der Waals surface area contributed by atoms with E-state index in [2.05, 4.69) is 0 Å². The molecule has 1 rings (SSSR count). The molecule has 2 N–H and O–H groups in total. The van der Waals surface area contributed by atoms with Gasteiger partial charge in [0.1, 0.15) is 12.8 Å². The Hall–Kier alpha value is -1.20. The van der Waals surface area contributed by atoms with Crippen LogP contribution in [0, 0.1) is 0 Å². The number of amides is 1. The van der Waals surface area contributed by atoms with Crippen LogP contribution in [0.25, 0.3) is 0 Å². The summed E-state index contributed by atoms with van der Waals surface area (Å²) in [5, 5.41) is 0.447. The van der Waals surface area contributed by atoms with E-state index < -0.39 is 5.91 Å². The van der Waals surface area contributed by atoms with Crippen LogP contribution < -0.4 is 10.0 Å². The maximum atomic E-state index is 10.8. The molecule has 0 aliphatic heterocycles. The van der Waals surface area contributed by atoms with Gasteiger partial charge in [0.25, 0.3) is 0 Å². The molecule has 6 heteroatoms. The maximum absolute atomic E-state index is 10.8. The zero-order valence-electron chi connectivity index (χ0n) is 8.64. The molecule has 0 spiro atoms. The highest BCUT2D eigenvalue weighted by atomic mass is 35.5. The van der Waals surface area contributed by atoms with Crippen molar-refractivity contribution in [3.05, 3.63) is 28.8 Å². The molecular weight excluding hydrogens is 248 g/mol. The van der Waals surface area contributed by atoms with Crippen molar-refractivity contribution in [3.8, 4) is 0 Å². The summed E-state index contributed by atoms with van der Waals surface area (Å²) in [6.07, 6.45) is 2.52. The van der Waals surface area contributed by atoms with E-state index >= 15 is 0 Å².